The van der Waals surface area contributed by atoms with Crippen LogP contribution in [0.25, 0.3) is 0 Å². The Balaban J connectivity index is 3.74. The van der Waals surface area contributed by atoms with Gasteiger partial charge in [-0.15, -0.1) is 0 Å². The Morgan fingerprint density at radius 3 is 1.14 bits per heavy atom. The molecule has 0 aliphatic heterocycles. The molecule has 3 heteroatoms. The molecule has 0 N–H and O–H groups in total. The second-order valence-corrected chi connectivity index (χ2v) is 12.3. The van der Waals surface area contributed by atoms with Crippen LogP contribution in [-0.2, 0) is 9.47 Å². The van der Waals surface area contributed by atoms with Gasteiger partial charge in [-0.1, -0.05) is 125 Å². The molecule has 0 fully saturated rings. The van der Waals surface area contributed by atoms with Gasteiger partial charge in [0.05, 0.1) is 6.10 Å². The van der Waals surface area contributed by atoms with Gasteiger partial charge in [-0.05, 0) is 111 Å². The van der Waals surface area contributed by atoms with Crippen molar-refractivity contribution in [1.29, 1.82) is 0 Å². The Labute approximate surface area is 275 Å². The number of likely N-dealkylation sites (N-methyl/N-ethyl adjacent to an activating group) is 1. The van der Waals surface area contributed by atoms with Crippen molar-refractivity contribution < 1.29 is 9.47 Å². The average Bonchev–Trinajstić information content (AvgIpc) is 3.01. The Morgan fingerprint density at radius 1 is 0.432 bits per heavy atom. The summed E-state index contributed by atoms with van der Waals surface area (Å²) in [7, 11) is 4.17. The van der Waals surface area contributed by atoms with Gasteiger partial charge in [-0.3, -0.25) is 4.90 Å². The maximum atomic E-state index is 6.22. The lowest BCUT2D eigenvalue weighted by atomic mass is 10.1. The van der Waals surface area contributed by atoms with E-state index in [-0.39, 0.29) is 12.3 Å². The first-order valence-electron chi connectivity index (χ1n) is 18.4. The monoisotopic (exact) mass is 612 g/mol. The third-order valence-corrected chi connectivity index (χ3v) is 7.65. The molecule has 254 valence electrons. The first-order valence-corrected chi connectivity index (χ1v) is 18.4. The van der Waals surface area contributed by atoms with Crippen molar-refractivity contribution in [1.82, 2.24) is 4.90 Å². The molecular formula is C41H73NO2. The largest absolute Gasteiger partial charge is 0.374 e. The van der Waals surface area contributed by atoms with Gasteiger partial charge in [-0.25, -0.2) is 0 Å². The molecule has 0 spiro atoms. The van der Waals surface area contributed by atoms with Gasteiger partial charge in [-0.2, -0.15) is 0 Å². The fourth-order valence-corrected chi connectivity index (χ4v) is 4.92. The standard InChI is InChI=1S/C41H73NO2/c1-6-8-10-12-14-16-18-20-22-24-26-28-30-32-34-36-38-43-40(3)41(42(4)5)44-39-37-35-33-31-29-27-25-23-21-19-17-15-13-11-9-7-2/h14-17,20-23,26-29,40-41H,6-13,18-19,24-25,30-39H2,1-5H3/b16-14-,17-15-,22-20-,23-21-,28-26-,29-27-. The molecule has 3 nitrogen and oxygen atoms in total. The van der Waals surface area contributed by atoms with E-state index in [9.17, 15) is 0 Å². The highest BCUT2D eigenvalue weighted by molar-refractivity contribution is 4.98. The molecule has 0 aromatic heterocycles. The van der Waals surface area contributed by atoms with E-state index in [1.807, 2.05) is 0 Å². The summed E-state index contributed by atoms with van der Waals surface area (Å²) in [5, 5.41) is 0. The molecule has 0 aromatic rings. The van der Waals surface area contributed by atoms with Crippen LogP contribution in [-0.4, -0.2) is 44.5 Å². The lowest BCUT2D eigenvalue weighted by molar-refractivity contribution is -0.125. The van der Waals surface area contributed by atoms with Crippen molar-refractivity contribution in [3.05, 3.63) is 72.9 Å². The first-order chi connectivity index (χ1) is 21.6. The van der Waals surface area contributed by atoms with Gasteiger partial charge in [0.25, 0.3) is 0 Å². The topological polar surface area (TPSA) is 21.7 Å². The summed E-state index contributed by atoms with van der Waals surface area (Å²) in [6, 6.07) is 0. The fourth-order valence-electron chi connectivity index (χ4n) is 4.92. The van der Waals surface area contributed by atoms with Crippen molar-refractivity contribution in [2.75, 3.05) is 27.3 Å². The zero-order valence-electron chi connectivity index (χ0n) is 29.9. The molecule has 0 amide bonds. The van der Waals surface area contributed by atoms with Crippen molar-refractivity contribution in [3.63, 3.8) is 0 Å². The molecule has 0 radical (unpaired) electrons. The lowest BCUT2D eigenvalue weighted by Crippen LogP contribution is -2.41. The Kier molecular flexibility index (Phi) is 34.4. The predicted molar refractivity (Wildman–Crippen MR) is 197 cm³/mol. The third-order valence-electron chi connectivity index (χ3n) is 7.65. The normalized spacial score (nSPS) is 14.3. The zero-order valence-corrected chi connectivity index (χ0v) is 29.9. The molecule has 0 heterocycles. The summed E-state index contributed by atoms with van der Waals surface area (Å²) >= 11 is 0. The third kappa shape index (κ3) is 31.7. The Morgan fingerprint density at radius 2 is 0.773 bits per heavy atom. The van der Waals surface area contributed by atoms with E-state index in [4.69, 9.17) is 9.47 Å². The fraction of sp³-hybridized carbons (Fsp3) is 0.707. The van der Waals surface area contributed by atoms with Crippen molar-refractivity contribution >= 4 is 0 Å². The summed E-state index contributed by atoms with van der Waals surface area (Å²) in [4.78, 5) is 2.15. The molecule has 0 saturated heterocycles. The number of hydrogen-bond donors (Lipinski definition) is 0. The molecule has 0 bridgehead atoms. The summed E-state index contributed by atoms with van der Waals surface area (Å²) in [6.07, 6.45) is 51.7. The highest BCUT2D eigenvalue weighted by Crippen LogP contribution is 2.11. The molecule has 0 rings (SSSR count). The lowest BCUT2D eigenvalue weighted by Gasteiger charge is -2.30. The van der Waals surface area contributed by atoms with Gasteiger partial charge in [0.15, 0.2) is 0 Å². The first kappa shape index (κ1) is 42.3. The van der Waals surface area contributed by atoms with Crippen LogP contribution in [0.1, 0.15) is 149 Å². The number of allylic oxidation sites excluding steroid dienone is 12. The SMILES string of the molecule is CCCCC/C=C\C/C=C\C/C=C\CCCCCOC(C)C(OCCCCC/C=C\C/C=C\C/C=C\CCCCC)N(C)C. The van der Waals surface area contributed by atoms with Crippen LogP contribution in [0.5, 0.6) is 0 Å². The Hall–Kier alpha value is -1.68. The van der Waals surface area contributed by atoms with Crippen LogP contribution in [0.3, 0.4) is 0 Å². The van der Waals surface area contributed by atoms with Gasteiger partial charge in [0.1, 0.15) is 6.23 Å². The smallest absolute Gasteiger partial charge is 0.136 e. The van der Waals surface area contributed by atoms with Gasteiger partial charge >= 0.3 is 0 Å². The minimum Gasteiger partial charge on any atom is -0.374 e. The van der Waals surface area contributed by atoms with E-state index in [0.717, 1.165) is 64.6 Å². The molecule has 0 aromatic carbocycles. The Bertz CT molecular complexity index is 746. The number of rotatable bonds is 32. The van der Waals surface area contributed by atoms with E-state index in [1.165, 1.54) is 77.0 Å². The number of hydrogen-bond acceptors (Lipinski definition) is 3. The van der Waals surface area contributed by atoms with Crippen LogP contribution in [0, 0.1) is 0 Å². The summed E-state index contributed by atoms with van der Waals surface area (Å²) < 4.78 is 12.4. The summed E-state index contributed by atoms with van der Waals surface area (Å²) in [5.41, 5.74) is 0. The highest BCUT2D eigenvalue weighted by atomic mass is 16.5. The van der Waals surface area contributed by atoms with Crippen LogP contribution in [0.15, 0.2) is 72.9 Å². The van der Waals surface area contributed by atoms with Gasteiger partial charge < -0.3 is 9.47 Å². The zero-order chi connectivity index (χ0) is 32.2. The van der Waals surface area contributed by atoms with Crippen molar-refractivity contribution in [3.8, 4) is 0 Å². The van der Waals surface area contributed by atoms with Gasteiger partial charge in [0.2, 0.25) is 0 Å². The maximum absolute atomic E-state index is 6.22. The van der Waals surface area contributed by atoms with Crippen LogP contribution in [0.2, 0.25) is 0 Å². The van der Waals surface area contributed by atoms with Crippen LogP contribution < -0.4 is 0 Å². The van der Waals surface area contributed by atoms with E-state index in [0.29, 0.717) is 0 Å². The minimum atomic E-state index is 0.0143. The molecule has 2 atom stereocenters. The van der Waals surface area contributed by atoms with Crippen LogP contribution in [0.4, 0.5) is 0 Å². The summed E-state index contributed by atoms with van der Waals surface area (Å²) in [6.45, 7) is 8.27. The molecule has 0 saturated carbocycles. The molecule has 0 aliphatic carbocycles. The quantitative estimate of drug-likeness (QED) is 0.0429. The number of unbranched alkanes of at least 4 members (excludes halogenated alkanes) is 12. The molecule has 2 unspecified atom stereocenters. The molecular weight excluding hydrogens is 538 g/mol. The molecule has 0 aliphatic rings. The summed E-state index contributed by atoms with van der Waals surface area (Å²) in [5.74, 6) is 0. The van der Waals surface area contributed by atoms with Gasteiger partial charge in [0, 0.05) is 13.2 Å². The number of ether oxygens (including phenoxy) is 2. The minimum absolute atomic E-state index is 0.0143. The van der Waals surface area contributed by atoms with E-state index >= 15 is 0 Å². The van der Waals surface area contributed by atoms with Crippen molar-refractivity contribution in [2.24, 2.45) is 0 Å². The number of nitrogens with zero attached hydrogens (tertiary/aromatic N) is 1. The average molecular weight is 612 g/mol. The molecule has 44 heavy (non-hydrogen) atoms. The van der Waals surface area contributed by atoms with E-state index in [2.05, 4.69) is 113 Å². The van der Waals surface area contributed by atoms with Crippen LogP contribution >= 0.6 is 0 Å². The second-order valence-electron chi connectivity index (χ2n) is 12.3. The highest BCUT2D eigenvalue weighted by Gasteiger charge is 2.20. The van der Waals surface area contributed by atoms with E-state index < -0.39 is 0 Å². The predicted octanol–water partition coefficient (Wildman–Crippen LogP) is 12.5. The van der Waals surface area contributed by atoms with E-state index in [1.54, 1.807) is 0 Å². The van der Waals surface area contributed by atoms with Crippen molar-refractivity contribution in [2.45, 2.75) is 162 Å². The maximum Gasteiger partial charge on any atom is 0.136 e. The second kappa shape index (κ2) is 35.8.